The van der Waals surface area contributed by atoms with E-state index in [1.807, 2.05) is 30.5 Å². The van der Waals surface area contributed by atoms with Gasteiger partial charge < -0.3 is 5.11 Å². The summed E-state index contributed by atoms with van der Waals surface area (Å²) in [6.45, 7) is 3.58. The van der Waals surface area contributed by atoms with Gasteiger partial charge in [0.25, 0.3) is 5.91 Å². The van der Waals surface area contributed by atoms with Crippen molar-refractivity contribution in [3.63, 3.8) is 0 Å². The minimum Gasteiger partial charge on any atom is -0.503 e. The second kappa shape index (κ2) is 6.42. The Kier molecular flexibility index (Phi) is 4.47. The predicted molar refractivity (Wildman–Crippen MR) is 95.7 cm³/mol. The van der Waals surface area contributed by atoms with Gasteiger partial charge >= 0.3 is 0 Å². The van der Waals surface area contributed by atoms with Gasteiger partial charge in [0, 0.05) is 22.0 Å². The fourth-order valence-corrected chi connectivity index (χ4v) is 3.79. The molecule has 3 rings (SSSR count). The molecule has 2 aromatic rings. The first kappa shape index (κ1) is 16.7. The fourth-order valence-electron chi connectivity index (χ4n) is 2.79. The largest absolute Gasteiger partial charge is 0.503 e. The van der Waals surface area contributed by atoms with Gasteiger partial charge in [-0.05, 0) is 36.1 Å². The second-order valence-corrected chi connectivity index (χ2v) is 6.95. The van der Waals surface area contributed by atoms with Crippen LogP contribution in [0.5, 0.6) is 0 Å². The van der Waals surface area contributed by atoms with Crippen LogP contribution in [-0.4, -0.2) is 16.8 Å². The number of thiophene rings is 1. The molecule has 1 aromatic carbocycles. The quantitative estimate of drug-likeness (QED) is 0.866. The molecule has 0 saturated carbocycles. The van der Waals surface area contributed by atoms with Gasteiger partial charge in [0.2, 0.25) is 0 Å². The summed E-state index contributed by atoms with van der Waals surface area (Å²) in [5.41, 5.74) is 1.60. The maximum Gasteiger partial charge on any atom is 0.294 e. The van der Waals surface area contributed by atoms with Crippen molar-refractivity contribution in [3.8, 4) is 0 Å². The summed E-state index contributed by atoms with van der Waals surface area (Å²) < 4.78 is 0. The highest BCUT2D eigenvalue weighted by Crippen LogP contribution is 2.43. The first-order chi connectivity index (χ1) is 11.5. The number of carbonyl (C=O) groups is 2. The van der Waals surface area contributed by atoms with Crippen LogP contribution in [-0.2, 0) is 9.59 Å². The molecule has 0 bridgehead atoms. The van der Waals surface area contributed by atoms with Crippen molar-refractivity contribution in [2.24, 2.45) is 0 Å². The first-order valence-corrected chi connectivity index (χ1v) is 8.81. The standard InChI is InChI=1S/C18H16ClNO3S/c1-3-13(21)15-16(14-5-4-8-24-14)20(18(23)17(15)22)11-7-6-10(2)12(19)9-11/h4-9,16,22H,3H2,1-2H3. The van der Waals surface area contributed by atoms with Crippen molar-refractivity contribution >= 4 is 40.3 Å². The molecule has 1 amide bonds. The maximum absolute atomic E-state index is 12.7. The number of anilines is 1. The molecule has 0 radical (unpaired) electrons. The fraction of sp³-hybridized carbons (Fsp3) is 0.222. The molecule has 1 aliphatic rings. The van der Waals surface area contributed by atoms with Gasteiger partial charge in [0.1, 0.15) is 6.04 Å². The number of amides is 1. The number of rotatable bonds is 4. The van der Waals surface area contributed by atoms with E-state index in [2.05, 4.69) is 0 Å². The molecule has 1 N–H and O–H groups in total. The van der Waals surface area contributed by atoms with E-state index in [1.54, 1.807) is 19.1 Å². The van der Waals surface area contributed by atoms with E-state index in [0.717, 1.165) is 10.4 Å². The number of hydrogen-bond acceptors (Lipinski definition) is 4. The Morgan fingerprint density at radius 2 is 2.12 bits per heavy atom. The van der Waals surface area contributed by atoms with Gasteiger partial charge in [-0.3, -0.25) is 14.5 Å². The number of Topliss-reactive ketones (excluding diaryl/α,β-unsaturated/α-hetero) is 1. The normalized spacial score (nSPS) is 17.7. The average molecular weight is 362 g/mol. The molecule has 6 heteroatoms. The van der Waals surface area contributed by atoms with E-state index < -0.39 is 17.7 Å². The topological polar surface area (TPSA) is 57.6 Å². The van der Waals surface area contributed by atoms with E-state index in [9.17, 15) is 14.7 Å². The van der Waals surface area contributed by atoms with Crippen LogP contribution in [0.15, 0.2) is 47.0 Å². The van der Waals surface area contributed by atoms with Crippen molar-refractivity contribution in [1.29, 1.82) is 0 Å². The van der Waals surface area contributed by atoms with E-state index >= 15 is 0 Å². The van der Waals surface area contributed by atoms with Crippen LogP contribution in [0.3, 0.4) is 0 Å². The summed E-state index contributed by atoms with van der Waals surface area (Å²) in [7, 11) is 0. The molecule has 1 atom stereocenters. The number of nitrogens with zero attached hydrogens (tertiary/aromatic N) is 1. The summed E-state index contributed by atoms with van der Waals surface area (Å²) in [5.74, 6) is -1.29. The number of halogens is 1. The zero-order chi connectivity index (χ0) is 17.4. The number of hydrogen-bond donors (Lipinski definition) is 1. The summed E-state index contributed by atoms with van der Waals surface area (Å²) in [6, 6.07) is 8.35. The highest BCUT2D eigenvalue weighted by molar-refractivity contribution is 7.10. The van der Waals surface area contributed by atoms with Crippen LogP contribution in [0, 0.1) is 6.92 Å². The minimum absolute atomic E-state index is 0.154. The van der Waals surface area contributed by atoms with E-state index in [1.165, 1.54) is 16.2 Å². The summed E-state index contributed by atoms with van der Waals surface area (Å²) in [4.78, 5) is 27.3. The van der Waals surface area contributed by atoms with E-state index in [0.29, 0.717) is 10.7 Å². The van der Waals surface area contributed by atoms with Crippen LogP contribution in [0.4, 0.5) is 5.69 Å². The third kappa shape index (κ3) is 2.64. The molecular weight excluding hydrogens is 346 g/mol. The average Bonchev–Trinajstić information content (AvgIpc) is 3.17. The Hall–Kier alpha value is -2.11. The predicted octanol–water partition coefficient (Wildman–Crippen LogP) is 4.59. The lowest BCUT2D eigenvalue weighted by Crippen LogP contribution is -2.30. The molecule has 0 fully saturated rings. The smallest absolute Gasteiger partial charge is 0.294 e. The van der Waals surface area contributed by atoms with Crippen molar-refractivity contribution < 1.29 is 14.7 Å². The molecular formula is C18H16ClNO3S. The van der Waals surface area contributed by atoms with Gasteiger partial charge in [-0.1, -0.05) is 30.7 Å². The number of carbonyl (C=O) groups excluding carboxylic acids is 2. The number of aryl methyl sites for hydroxylation is 1. The third-order valence-corrected chi connectivity index (χ3v) is 5.41. The van der Waals surface area contributed by atoms with E-state index in [4.69, 9.17) is 11.6 Å². The van der Waals surface area contributed by atoms with E-state index in [-0.39, 0.29) is 17.8 Å². The monoisotopic (exact) mass is 361 g/mol. The molecule has 0 aliphatic carbocycles. The van der Waals surface area contributed by atoms with Crippen molar-refractivity contribution in [1.82, 2.24) is 0 Å². The minimum atomic E-state index is -0.622. The number of aliphatic hydroxyl groups is 1. The lowest BCUT2D eigenvalue weighted by molar-refractivity contribution is -0.118. The zero-order valence-corrected chi connectivity index (χ0v) is 14.8. The lowest BCUT2D eigenvalue weighted by Gasteiger charge is -2.26. The molecule has 2 heterocycles. The van der Waals surface area contributed by atoms with Crippen LogP contribution in [0.1, 0.15) is 29.8 Å². The van der Waals surface area contributed by atoms with Crippen LogP contribution in [0.2, 0.25) is 5.02 Å². The van der Waals surface area contributed by atoms with Gasteiger partial charge in [-0.15, -0.1) is 11.3 Å². The highest BCUT2D eigenvalue weighted by Gasteiger charge is 2.44. The number of ketones is 1. The molecule has 4 nitrogen and oxygen atoms in total. The summed E-state index contributed by atoms with van der Waals surface area (Å²) in [6.07, 6.45) is 0.219. The lowest BCUT2D eigenvalue weighted by atomic mass is 10.00. The Labute approximate surface area is 149 Å². The Morgan fingerprint density at radius 3 is 2.71 bits per heavy atom. The second-order valence-electron chi connectivity index (χ2n) is 5.57. The van der Waals surface area contributed by atoms with Gasteiger partial charge in [-0.2, -0.15) is 0 Å². The van der Waals surface area contributed by atoms with Gasteiger partial charge in [-0.25, -0.2) is 0 Å². The molecule has 124 valence electrons. The Balaban J connectivity index is 2.16. The van der Waals surface area contributed by atoms with Gasteiger partial charge in [0.15, 0.2) is 11.5 Å². The third-order valence-electron chi connectivity index (χ3n) is 4.08. The van der Waals surface area contributed by atoms with Crippen LogP contribution < -0.4 is 4.90 Å². The number of aliphatic hydroxyl groups excluding tert-OH is 1. The maximum atomic E-state index is 12.7. The van der Waals surface area contributed by atoms with Crippen molar-refractivity contribution in [3.05, 3.63) is 62.5 Å². The molecule has 24 heavy (non-hydrogen) atoms. The Morgan fingerprint density at radius 1 is 1.38 bits per heavy atom. The molecule has 1 unspecified atom stereocenters. The van der Waals surface area contributed by atoms with Crippen LogP contribution in [0.25, 0.3) is 0 Å². The molecule has 1 aromatic heterocycles. The number of benzene rings is 1. The summed E-state index contributed by atoms with van der Waals surface area (Å²) in [5, 5.41) is 12.7. The SMILES string of the molecule is CCC(=O)C1=C(O)C(=O)N(c2ccc(C)c(Cl)c2)C1c1cccs1. The Bertz CT molecular complexity index is 842. The first-order valence-electron chi connectivity index (χ1n) is 7.55. The van der Waals surface area contributed by atoms with Crippen molar-refractivity contribution in [2.75, 3.05) is 4.90 Å². The molecule has 0 spiro atoms. The summed E-state index contributed by atoms with van der Waals surface area (Å²) >= 11 is 7.63. The molecule has 1 aliphatic heterocycles. The van der Waals surface area contributed by atoms with Gasteiger partial charge in [0.05, 0.1) is 5.57 Å². The molecule has 0 saturated heterocycles. The highest BCUT2D eigenvalue weighted by atomic mass is 35.5. The van der Waals surface area contributed by atoms with Crippen LogP contribution >= 0.6 is 22.9 Å². The van der Waals surface area contributed by atoms with Crippen molar-refractivity contribution in [2.45, 2.75) is 26.3 Å². The zero-order valence-electron chi connectivity index (χ0n) is 13.2.